The molecule has 0 aliphatic carbocycles. The molecule has 6 nitrogen and oxygen atoms in total. The van der Waals surface area contributed by atoms with Crippen LogP contribution in [0.3, 0.4) is 0 Å². The van der Waals surface area contributed by atoms with Crippen molar-refractivity contribution >= 4 is 12.1 Å². The molecule has 0 bridgehead atoms. The van der Waals surface area contributed by atoms with E-state index >= 15 is 0 Å². The molecule has 0 aromatic heterocycles. The van der Waals surface area contributed by atoms with Crippen LogP contribution >= 0.6 is 0 Å². The molecule has 0 saturated heterocycles. The summed E-state index contributed by atoms with van der Waals surface area (Å²) in [6.07, 6.45) is -1.43. The van der Waals surface area contributed by atoms with Crippen molar-refractivity contribution in [2.24, 2.45) is 0 Å². The first-order chi connectivity index (χ1) is 7.22. The van der Waals surface area contributed by atoms with E-state index in [-0.39, 0.29) is 13.0 Å². The number of aliphatic hydroxyl groups is 1. The molecular formula is C10H19NO5. The summed E-state index contributed by atoms with van der Waals surface area (Å²) in [5.41, 5.74) is -0.551. The largest absolute Gasteiger partial charge is 0.479 e. The first-order valence-electron chi connectivity index (χ1n) is 5.10. The molecule has 1 atom stereocenters. The van der Waals surface area contributed by atoms with Crippen LogP contribution in [0.25, 0.3) is 0 Å². The molecule has 0 heterocycles. The summed E-state index contributed by atoms with van der Waals surface area (Å²) in [5.74, 6) is -1.25. The number of carbonyl (C=O) groups is 2. The Morgan fingerprint density at radius 2 is 1.94 bits per heavy atom. The normalized spacial score (nSPS) is 13.0. The van der Waals surface area contributed by atoms with Gasteiger partial charge >= 0.3 is 12.1 Å². The Hall–Kier alpha value is -1.30. The van der Waals surface area contributed by atoms with Gasteiger partial charge in [0.15, 0.2) is 6.10 Å². The maximum absolute atomic E-state index is 11.1. The van der Waals surface area contributed by atoms with Gasteiger partial charge in [-0.1, -0.05) is 0 Å². The Morgan fingerprint density at radius 3 is 2.38 bits per heavy atom. The van der Waals surface area contributed by atoms with Crippen LogP contribution in [-0.2, 0) is 9.53 Å². The molecule has 94 valence electrons. The third kappa shape index (κ3) is 8.05. The van der Waals surface area contributed by atoms with Crippen molar-refractivity contribution < 1.29 is 24.5 Å². The molecule has 3 N–H and O–H groups in total. The number of aliphatic hydroxyl groups excluding tert-OH is 1. The number of amides is 1. The van der Waals surface area contributed by atoms with Crippen LogP contribution in [0.15, 0.2) is 0 Å². The standard InChI is InChI=1S/C10H19NO5/c1-10(2,3)16-9(15)11-6-4-5-7(12)8(13)14/h7,12H,4-6H2,1-3H3,(H,11,15)(H,13,14). The molecule has 0 aromatic carbocycles. The van der Waals surface area contributed by atoms with Gasteiger partial charge in [-0.25, -0.2) is 9.59 Å². The van der Waals surface area contributed by atoms with E-state index in [4.69, 9.17) is 14.9 Å². The maximum atomic E-state index is 11.1. The molecule has 6 heteroatoms. The number of rotatable bonds is 5. The van der Waals surface area contributed by atoms with E-state index in [1.54, 1.807) is 20.8 Å². The SMILES string of the molecule is CC(C)(C)OC(=O)NCCCC(O)C(=O)O. The van der Waals surface area contributed by atoms with Gasteiger partial charge in [0.1, 0.15) is 5.60 Å². The summed E-state index contributed by atoms with van der Waals surface area (Å²) >= 11 is 0. The van der Waals surface area contributed by atoms with Gasteiger partial charge in [-0.2, -0.15) is 0 Å². The Balaban J connectivity index is 3.60. The van der Waals surface area contributed by atoms with Gasteiger partial charge < -0.3 is 20.3 Å². The number of nitrogens with one attached hydrogen (secondary N) is 1. The molecule has 16 heavy (non-hydrogen) atoms. The van der Waals surface area contributed by atoms with Crippen LogP contribution < -0.4 is 5.32 Å². The molecule has 0 aromatic rings. The highest BCUT2D eigenvalue weighted by Crippen LogP contribution is 2.06. The van der Waals surface area contributed by atoms with Crippen molar-refractivity contribution in [2.75, 3.05) is 6.54 Å². The molecule has 0 fully saturated rings. The topological polar surface area (TPSA) is 95.9 Å². The highest BCUT2D eigenvalue weighted by atomic mass is 16.6. The van der Waals surface area contributed by atoms with E-state index in [1.165, 1.54) is 0 Å². The minimum atomic E-state index is -1.37. The quantitative estimate of drug-likeness (QED) is 0.608. The first kappa shape index (κ1) is 14.7. The highest BCUT2D eigenvalue weighted by Gasteiger charge is 2.16. The highest BCUT2D eigenvalue weighted by molar-refractivity contribution is 5.71. The lowest BCUT2D eigenvalue weighted by Gasteiger charge is -2.19. The van der Waals surface area contributed by atoms with E-state index < -0.39 is 23.8 Å². The smallest absolute Gasteiger partial charge is 0.407 e. The minimum Gasteiger partial charge on any atom is -0.479 e. The van der Waals surface area contributed by atoms with E-state index in [9.17, 15) is 9.59 Å². The van der Waals surface area contributed by atoms with Crippen LogP contribution in [-0.4, -0.2) is 40.5 Å². The number of hydrogen-bond acceptors (Lipinski definition) is 4. The lowest BCUT2D eigenvalue weighted by Crippen LogP contribution is -2.33. The summed E-state index contributed by atoms with van der Waals surface area (Å²) in [6.45, 7) is 5.53. The van der Waals surface area contributed by atoms with E-state index in [0.29, 0.717) is 6.42 Å². The van der Waals surface area contributed by atoms with Gasteiger partial charge in [-0.05, 0) is 33.6 Å². The van der Waals surface area contributed by atoms with Gasteiger partial charge in [-0.15, -0.1) is 0 Å². The van der Waals surface area contributed by atoms with Crippen molar-refractivity contribution in [3.05, 3.63) is 0 Å². The number of alkyl carbamates (subject to hydrolysis) is 1. The number of carboxylic acid groups (broad SMARTS) is 1. The lowest BCUT2D eigenvalue weighted by atomic mass is 10.2. The summed E-state index contributed by atoms with van der Waals surface area (Å²) in [6, 6.07) is 0. The van der Waals surface area contributed by atoms with Crippen molar-refractivity contribution in [3.63, 3.8) is 0 Å². The van der Waals surface area contributed by atoms with Crippen LogP contribution in [0.4, 0.5) is 4.79 Å². The van der Waals surface area contributed by atoms with Gasteiger partial charge in [0, 0.05) is 6.54 Å². The Bertz CT molecular complexity index is 246. The molecule has 1 amide bonds. The fourth-order valence-corrected chi connectivity index (χ4v) is 0.924. The first-order valence-corrected chi connectivity index (χ1v) is 5.10. The molecule has 1 unspecified atom stereocenters. The van der Waals surface area contributed by atoms with E-state index in [0.717, 1.165) is 0 Å². The van der Waals surface area contributed by atoms with E-state index in [2.05, 4.69) is 5.32 Å². The zero-order chi connectivity index (χ0) is 12.8. The number of carbonyl (C=O) groups excluding carboxylic acids is 1. The van der Waals surface area contributed by atoms with E-state index in [1.807, 2.05) is 0 Å². The number of aliphatic carboxylic acids is 1. The van der Waals surface area contributed by atoms with Crippen molar-refractivity contribution in [1.82, 2.24) is 5.32 Å². The van der Waals surface area contributed by atoms with Gasteiger partial charge in [0.05, 0.1) is 0 Å². The van der Waals surface area contributed by atoms with Crippen molar-refractivity contribution in [1.29, 1.82) is 0 Å². The fraction of sp³-hybridized carbons (Fsp3) is 0.800. The van der Waals surface area contributed by atoms with Crippen molar-refractivity contribution in [3.8, 4) is 0 Å². The minimum absolute atomic E-state index is 0.102. The van der Waals surface area contributed by atoms with Crippen LogP contribution in [0.2, 0.25) is 0 Å². The Labute approximate surface area is 94.6 Å². The second kappa shape index (κ2) is 6.32. The van der Waals surface area contributed by atoms with Crippen LogP contribution in [0.1, 0.15) is 33.6 Å². The molecule has 0 rings (SSSR count). The van der Waals surface area contributed by atoms with Crippen LogP contribution in [0, 0.1) is 0 Å². The van der Waals surface area contributed by atoms with Crippen molar-refractivity contribution in [2.45, 2.75) is 45.3 Å². The summed E-state index contributed by atoms with van der Waals surface area (Å²) in [5, 5.41) is 19.8. The second-order valence-electron chi connectivity index (χ2n) is 4.42. The second-order valence-corrected chi connectivity index (χ2v) is 4.42. The molecule has 0 radical (unpaired) electrons. The summed E-state index contributed by atoms with van der Waals surface area (Å²) < 4.78 is 4.96. The average Bonchev–Trinajstić information content (AvgIpc) is 2.08. The van der Waals surface area contributed by atoms with Crippen LogP contribution in [0.5, 0.6) is 0 Å². The summed E-state index contributed by atoms with van der Waals surface area (Å²) in [4.78, 5) is 21.4. The zero-order valence-corrected chi connectivity index (χ0v) is 9.82. The fourth-order valence-electron chi connectivity index (χ4n) is 0.924. The third-order valence-electron chi connectivity index (χ3n) is 1.61. The average molecular weight is 233 g/mol. The molecule has 0 spiro atoms. The van der Waals surface area contributed by atoms with Gasteiger partial charge in [-0.3, -0.25) is 0 Å². The zero-order valence-electron chi connectivity index (χ0n) is 9.82. The predicted molar refractivity (Wildman–Crippen MR) is 57.1 cm³/mol. The molecular weight excluding hydrogens is 214 g/mol. The monoisotopic (exact) mass is 233 g/mol. The maximum Gasteiger partial charge on any atom is 0.407 e. The molecule has 0 aliphatic rings. The Morgan fingerprint density at radius 1 is 1.38 bits per heavy atom. The lowest BCUT2D eigenvalue weighted by molar-refractivity contribution is -0.146. The molecule has 0 aliphatic heterocycles. The van der Waals surface area contributed by atoms with Gasteiger partial charge in [0.25, 0.3) is 0 Å². The number of carboxylic acids is 1. The summed E-state index contributed by atoms with van der Waals surface area (Å²) in [7, 11) is 0. The predicted octanol–water partition coefficient (Wildman–Crippen LogP) is 0.737. The Kier molecular flexibility index (Phi) is 5.81. The number of ether oxygens (including phenoxy) is 1. The van der Waals surface area contributed by atoms with Gasteiger partial charge in [0.2, 0.25) is 0 Å². The number of hydrogen-bond donors (Lipinski definition) is 3. The third-order valence-corrected chi connectivity index (χ3v) is 1.61. The molecule has 0 saturated carbocycles.